The fourth-order valence-electron chi connectivity index (χ4n) is 3.31. The van der Waals surface area contributed by atoms with Gasteiger partial charge < -0.3 is 15.7 Å². The Morgan fingerprint density at radius 3 is 1.97 bits per heavy atom. The van der Waals surface area contributed by atoms with Crippen molar-refractivity contribution in [1.29, 1.82) is 0 Å². The number of nitrogens with one attached hydrogen (secondary N) is 3. The van der Waals surface area contributed by atoms with Gasteiger partial charge >= 0.3 is 0 Å². The van der Waals surface area contributed by atoms with E-state index in [0.717, 1.165) is 18.2 Å². The van der Waals surface area contributed by atoms with Crippen molar-refractivity contribution >= 4 is 17.6 Å². The molecule has 1 heterocycles. The van der Waals surface area contributed by atoms with Gasteiger partial charge in [0, 0.05) is 23.9 Å². The van der Waals surface area contributed by atoms with Crippen LogP contribution in [0.2, 0.25) is 0 Å². The number of anilines is 1. The number of aromatic nitrogens is 2. The van der Waals surface area contributed by atoms with E-state index in [1.54, 1.807) is 6.92 Å². The molecular formula is C23H22F4N4O3. The number of aliphatic hydroxyl groups is 1. The molecule has 0 spiro atoms. The fourth-order valence-corrected chi connectivity index (χ4v) is 3.31. The number of rotatable bonds is 8. The van der Waals surface area contributed by atoms with Crippen molar-refractivity contribution < 1.29 is 32.3 Å². The molecule has 0 radical (unpaired) electrons. The molecule has 3 atom stereocenters. The summed E-state index contributed by atoms with van der Waals surface area (Å²) in [5.41, 5.74) is 0.755. The minimum Gasteiger partial charge on any atom is -0.378 e. The minimum absolute atomic E-state index is 0.145. The molecule has 0 saturated heterocycles. The zero-order valence-electron chi connectivity index (χ0n) is 18.2. The summed E-state index contributed by atoms with van der Waals surface area (Å²) in [4.78, 5) is 24.6. The summed E-state index contributed by atoms with van der Waals surface area (Å²) in [6.45, 7) is 3.13. The summed E-state index contributed by atoms with van der Waals surface area (Å²) in [6, 6.07) is 5.89. The Morgan fingerprint density at radius 2 is 1.41 bits per heavy atom. The molecule has 0 bridgehead atoms. The number of aromatic amines is 1. The predicted octanol–water partition coefficient (Wildman–Crippen LogP) is 3.49. The third-order valence-corrected chi connectivity index (χ3v) is 5.06. The zero-order chi connectivity index (χ0) is 25.0. The van der Waals surface area contributed by atoms with Crippen LogP contribution in [0.5, 0.6) is 0 Å². The van der Waals surface area contributed by atoms with Gasteiger partial charge in [0.05, 0.1) is 0 Å². The number of nitrogens with zero attached hydrogens (tertiary/aromatic N) is 1. The normalized spacial score (nSPS) is 13.7. The van der Waals surface area contributed by atoms with E-state index in [0.29, 0.717) is 23.7 Å². The van der Waals surface area contributed by atoms with Gasteiger partial charge in [-0.05, 0) is 54.7 Å². The van der Waals surface area contributed by atoms with Crippen LogP contribution in [0.25, 0.3) is 0 Å². The van der Waals surface area contributed by atoms with Crippen LogP contribution in [0.1, 0.15) is 42.7 Å². The highest BCUT2D eigenvalue weighted by Gasteiger charge is 2.24. The number of hydrogen-bond acceptors (Lipinski definition) is 4. The Morgan fingerprint density at radius 1 is 0.882 bits per heavy atom. The summed E-state index contributed by atoms with van der Waals surface area (Å²) < 4.78 is 53.5. The van der Waals surface area contributed by atoms with Crippen LogP contribution in [0.3, 0.4) is 0 Å². The lowest BCUT2D eigenvalue weighted by Crippen LogP contribution is -2.43. The number of hydrogen-bond donors (Lipinski definition) is 4. The summed E-state index contributed by atoms with van der Waals surface area (Å²) in [5.74, 6) is -5.06. The van der Waals surface area contributed by atoms with E-state index in [4.69, 9.17) is 0 Å². The molecule has 0 saturated carbocycles. The number of halogens is 4. The first-order valence-electron chi connectivity index (χ1n) is 10.3. The third kappa shape index (κ3) is 6.41. The lowest BCUT2D eigenvalue weighted by Gasteiger charge is -2.16. The van der Waals surface area contributed by atoms with Gasteiger partial charge in [-0.1, -0.05) is 6.92 Å². The third-order valence-electron chi connectivity index (χ3n) is 5.06. The zero-order valence-corrected chi connectivity index (χ0v) is 18.2. The number of benzene rings is 2. The molecule has 2 aromatic carbocycles. The van der Waals surface area contributed by atoms with Gasteiger partial charge in [0.25, 0.3) is 5.91 Å². The van der Waals surface area contributed by atoms with E-state index in [-0.39, 0.29) is 17.3 Å². The molecule has 3 aromatic rings. The van der Waals surface area contributed by atoms with Crippen molar-refractivity contribution in [2.24, 2.45) is 0 Å². The van der Waals surface area contributed by atoms with E-state index >= 15 is 0 Å². The largest absolute Gasteiger partial charge is 0.378 e. The quantitative estimate of drug-likeness (QED) is 0.372. The lowest BCUT2D eigenvalue weighted by atomic mass is 9.96. The molecule has 1 aromatic heterocycles. The predicted molar refractivity (Wildman–Crippen MR) is 115 cm³/mol. The molecule has 0 aliphatic heterocycles. The van der Waals surface area contributed by atoms with Gasteiger partial charge in [-0.2, -0.15) is 5.10 Å². The van der Waals surface area contributed by atoms with Gasteiger partial charge in [-0.25, -0.2) is 17.6 Å². The lowest BCUT2D eigenvalue weighted by molar-refractivity contribution is -0.132. The van der Waals surface area contributed by atoms with Crippen LogP contribution in [0.4, 0.5) is 23.4 Å². The first-order valence-corrected chi connectivity index (χ1v) is 10.3. The van der Waals surface area contributed by atoms with Crippen LogP contribution in [0, 0.1) is 23.3 Å². The van der Waals surface area contributed by atoms with Crippen molar-refractivity contribution in [3.63, 3.8) is 0 Å². The minimum atomic E-state index is -1.88. The number of H-pyrrole nitrogens is 1. The Balaban J connectivity index is 1.56. The summed E-state index contributed by atoms with van der Waals surface area (Å²) in [6.07, 6.45) is -1.53. The highest BCUT2D eigenvalue weighted by atomic mass is 19.1. The molecule has 0 fully saturated rings. The van der Waals surface area contributed by atoms with Crippen LogP contribution in [-0.2, 0) is 16.0 Å². The second-order valence-corrected chi connectivity index (χ2v) is 7.91. The molecule has 3 unspecified atom stereocenters. The first-order chi connectivity index (χ1) is 16.0. The maximum Gasteiger partial charge on any atom is 0.254 e. The smallest absolute Gasteiger partial charge is 0.254 e. The average Bonchev–Trinajstić information content (AvgIpc) is 3.18. The molecule has 34 heavy (non-hydrogen) atoms. The van der Waals surface area contributed by atoms with Gasteiger partial charge in [-0.15, -0.1) is 0 Å². The van der Waals surface area contributed by atoms with Crippen LogP contribution < -0.4 is 10.6 Å². The molecule has 0 aliphatic carbocycles. The Labute approximate surface area is 192 Å². The Kier molecular flexibility index (Phi) is 7.67. The molecular weight excluding hydrogens is 456 g/mol. The fraction of sp³-hybridized carbons (Fsp3) is 0.261. The molecule has 0 aliphatic rings. The second-order valence-electron chi connectivity index (χ2n) is 7.91. The number of aliphatic hydroxyl groups excluding tert-OH is 1. The van der Waals surface area contributed by atoms with Crippen molar-refractivity contribution in [1.82, 2.24) is 15.5 Å². The molecule has 4 N–H and O–H groups in total. The van der Waals surface area contributed by atoms with E-state index in [1.807, 2.05) is 0 Å². The number of carbonyl (C=O) groups excluding carboxylic acids is 2. The summed E-state index contributed by atoms with van der Waals surface area (Å²) in [7, 11) is 0. The van der Waals surface area contributed by atoms with Gasteiger partial charge in [0.1, 0.15) is 29.3 Å². The van der Waals surface area contributed by atoms with E-state index in [1.165, 1.54) is 25.1 Å². The van der Waals surface area contributed by atoms with Gasteiger partial charge in [0.2, 0.25) is 5.91 Å². The number of carbonyl (C=O) groups is 2. The van der Waals surface area contributed by atoms with Crippen LogP contribution in [0.15, 0.2) is 42.5 Å². The summed E-state index contributed by atoms with van der Waals surface area (Å²) in [5, 5.41) is 21.4. The highest BCUT2D eigenvalue weighted by Crippen LogP contribution is 2.23. The molecule has 7 nitrogen and oxygen atoms in total. The Bertz CT molecular complexity index is 1160. The van der Waals surface area contributed by atoms with Crippen LogP contribution >= 0.6 is 0 Å². The highest BCUT2D eigenvalue weighted by molar-refractivity contribution is 5.97. The van der Waals surface area contributed by atoms with Crippen molar-refractivity contribution in [2.45, 2.75) is 38.3 Å². The first kappa shape index (κ1) is 24.9. The van der Waals surface area contributed by atoms with E-state index < -0.39 is 47.2 Å². The standard InChI is InChI=1S/C23H22F4N4O3/c1-11(13-4-15(24)8-16(25)5-13)3-19-10-20(31-30-19)29-22(33)12(2)28-23(34)21(32)14-6-17(26)9-18(27)7-14/h4-12,21,32H,3H2,1-2H3,(H,28,34)(H2,29,30,31,33). The molecule has 2 amide bonds. The van der Waals surface area contributed by atoms with Crippen molar-refractivity contribution in [2.75, 3.05) is 5.32 Å². The van der Waals surface area contributed by atoms with E-state index in [9.17, 15) is 32.3 Å². The SMILES string of the molecule is CC(NC(=O)C(O)c1cc(F)cc(F)c1)C(=O)Nc1cc(CC(C)c2cc(F)cc(F)c2)[nH]n1. The molecule has 180 valence electrons. The molecule has 3 rings (SSSR count). The number of amides is 2. The van der Waals surface area contributed by atoms with Crippen LogP contribution in [-0.4, -0.2) is 33.2 Å². The van der Waals surface area contributed by atoms with Gasteiger partial charge in [-0.3, -0.25) is 14.7 Å². The Hall–Kier alpha value is -3.73. The van der Waals surface area contributed by atoms with Crippen molar-refractivity contribution in [3.05, 3.63) is 82.6 Å². The van der Waals surface area contributed by atoms with Crippen molar-refractivity contribution in [3.8, 4) is 0 Å². The average molecular weight is 478 g/mol. The monoisotopic (exact) mass is 478 g/mol. The van der Waals surface area contributed by atoms with Gasteiger partial charge in [0.15, 0.2) is 11.9 Å². The maximum absolute atomic E-state index is 13.4. The maximum atomic E-state index is 13.4. The second kappa shape index (κ2) is 10.5. The van der Waals surface area contributed by atoms with E-state index in [2.05, 4.69) is 20.8 Å². The topological polar surface area (TPSA) is 107 Å². The molecule has 11 heteroatoms. The summed E-state index contributed by atoms with van der Waals surface area (Å²) >= 11 is 0.